The van der Waals surface area contributed by atoms with Gasteiger partial charge in [-0.25, -0.2) is 0 Å². The Balaban J connectivity index is 2.10. The van der Waals surface area contributed by atoms with Gasteiger partial charge in [-0.1, -0.05) is 42.8 Å². The first-order chi connectivity index (χ1) is 10.6. The lowest BCUT2D eigenvalue weighted by Crippen LogP contribution is -1.85. The molecule has 0 aromatic heterocycles. The summed E-state index contributed by atoms with van der Waals surface area (Å²) in [6, 6.07) is 15.6. The first kappa shape index (κ1) is 15.2. The minimum atomic E-state index is 1.09. The van der Waals surface area contributed by atoms with E-state index in [9.17, 15) is 0 Å². The van der Waals surface area contributed by atoms with Crippen LogP contribution in [0.15, 0.2) is 52.9 Å². The molecular formula is C21H22S. The molecule has 3 rings (SSSR count). The Morgan fingerprint density at radius 3 is 2.32 bits per heavy atom. The smallest absolute Gasteiger partial charge is 0.00695 e. The molecule has 0 nitrogen and oxygen atoms in total. The summed E-state index contributed by atoms with van der Waals surface area (Å²) >= 11 is 1.78. The van der Waals surface area contributed by atoms with Crippen molar-refractivity contribution in [2.75, 3.05) is 6.26 Å². The van der Waals surface area contributed by atoms with E-state index in [0.29, 0.717) is 0 Å². The number of thioether (sulfide) groups is 1. The van der Waals surface area contributed by atoms with Gasteiger partial charge in [0, 0.05) is 4.90 Å². The van der Waals surface area contributed by atoms with Crippen molar-refractivity contribution in [3.63, 3.8) is 0 Å². The van der Waals surface area contributed by atoms with Crippen molar-refractivity contribution in [2.24, 2.45) is 0 Å². The van der Waals surface area contributed by atoms with Crippen molar-refractivity contribution >= 4 is 29.0 Å². The third-order valence-electron chi connectivity index (χ3n) is 4.43. The van der Waals surface area contributed by atoms with Crippen molar-refractivity contribution in [3.05, 3.63) is 70.3 Å². The molecule has 0 amide bonds. The summed E-state index contributed by atoms with van der Waals surface area (Å²) in [4.78, 5) is 1.31. The molecule has 112 valence electrons. The van der Waals surface area contributed by atoms with Crippen molar-refractivity contribution in [3.8, 4) is 0 Å². The number of hydrogen-bond donors (Lipinski definition) is 0. The Kier molecular flexibility index (Phi) is 4.26. The van der Waals surface area contributed by atoms with E-state index in [2.05, 4.69) is 75.6 Å². The molecular weight excluding hydrogens is 284 g/mol. The van der Waals surface area contributed by atoms with E-state index in [1.165, 1.54) is 43.9 Å². The minimum Gasteiger partial charge on any atom is -0.130 e. The highest BCUT2D eigenvalue weighted by Gasteiger charge is 2.22. The Morgan fingerprint density at radius 2 is 1.68 bits per heavy atom. The van der Waals surface area contributed by atoms with Gasteiger partial charge in [0.2, 0.25) is 0 Å². The normalized spacial score (nSPS) is 15.5. The Hall–Kier alpha value is -1.73. The zero-order valence-electron chi connectivity index (χ0n) is 13.7. The summed E-state index contributed by atoms with van der Waals surface area (Å²) in [7, 11) is 0. The maximum atomic E-state index is 2.33. The fraction of sp³-hybridized carbons (Fsp3) is 0.238. The second-order valence-corrected chi connectivity index (χ2v) is 6.72. The quantitative estimate of drug-likeness (QED) is 0.587. The zero-order chi connectivity index (χ0) is 15.7. The van der Waals surface area contributed by atoms with Crippen molar-refractivity contribution in [1.29, 1.82) is 0 Å². The van der Waals surface area contributed by atoms with Gasteiger partial charge >= 0.3 is 0 Å². The summed E-state index contributed by atoms with van der Waals surface area (Å²) in [6.45, 7) is 6.68. The largest absolute Gasteiger partial charge is 0.130 e. The highest BCUT2D eigenvalue weighted by Crippen LogP contribution is 2.43. The van der Waals surface area contributed by atoms with Crippen LogP contribution in [0.4, 0.5) is 0 Å². The van der Waals surface area contributed by atoms with E-state index in [1.807, 2.05) is 0 Å². The molecule has 22 heavy (non-hydrogen) atoms. The van der Waals surface area contributed by atoms with Crippen molar-refractivity contribution in [2.45, 2.75) is 32.1 Å². The second-order valence-electron chi connectivity index (χ2n) is 5.84. The van der Waals surface area contributed by atoms with Gasteiger partial charge in [0.15, 0.2) is 0 Å². The van der Waals surface area contributed by atoms with Crippen molar-refractivity contribution < 1.29 is 0 Å². The van der Waals surface area contributed by atoms with Gasteiger partial charge in [0.05, 0.1) is 0 Å². The molecule has 2 aromatic carbocycles. The molecule has 0 spiro atoms. The van der Waals surface area contributed by atoms with Crippen LogP contribution in [0.1, 0.15) is 42.5 Å². The molecule has 0 fully saturated rings. The van der Waals surface area contributed by atoms with E-state index < -0.39 is 0 Å². The first-order valence-electron chi connectivity index (χ1n) is 7.81. The van der Waals surface area contributed by atoms with Gasteiger partial charge in [0.25, 0.3) is 0 Å². The molecule has 0 atom stereocenters. The lowest BCUT2D eigenvalue weighted by atomic mass is 9.99. The molecule has 0 saturated heterocycles. The summed E-state index contributed by atoms with van der Waals surface area (Å²) < 4.78 is 0. The van der Waals surface area contributed by atoms with Gasteiger partial charge in [0.1, 0.15) is 0 Å². The third-order valence-corrected chi connectivity index (χ3v) is 5.17. The Morgan fingerprint density at radius 1 is 0.955 bits per heavy atom. The highest BCUT2D eigenvalue weighted by atomic mass is 32.2. The molecule has 0 N–H and O–H groups in total. The zero-order valence-corrected chi connectivity index (χ0v) is 14.6. The first-order valence-corrected chi connectivity index (χ1v) is 9.03. The van der Waals surface area contributed by atoms with Crippen molar-refractivity contribution in [1.82, 2.24) is 0 Å². The van der Waals surface area contributed by atoms with Gasteiger partial charge in [-0.05, 0) is 78.1 Å². The molecule has 1 heteroatoms. The lowest BCUT2D eigenvalue weighted by molar-refractivity contribution is 1.23. The summed E-state index contributed by atoms with van der Waals surface area (Å²) in [5, 5.41) is 0. The molecule has 2 aromatic rings. The average molecular weight is 306 g/mol. The average Bonchev–Trinajstić information content (AvgIpc) is 2.79. The summed E-state index contributed by atoms with van der Waals surface area (Å²) in [5.74, 6) is 0. The topological polar surface area (TPSA) is 0 Å². The lowest BCUT2D eigenvalue weighted by Gasteiger charge is -2.06. The van der Waals surface area contributed by atoms with Crippen LogP contribution < -0.4 is 0 Å². The minimum absolute atomic E-state index is 1.09. The molecule has 0 saturated carbocycles. The van der Waals surface area contributed by atoms with Gasteiger partial charge in [-0.15, -0.1) is 11.8 Å². The molecule has 1 aliphatic carbocycles. The number of hydrogen-bond acceptors (Lipinski definition) is 1. The summed E-state index contributed by atoms with van der Waals surface area (Å²) in [6.07, 6.45) is 5.53. The highest BCUT2D eigenvalue weighted by molar-refractivity contribution is 7.98. The predicted molar refractivity (Wildman–Crippen MR) is 100 cm³/mol. The number of rotatable bonds is 3. The Labute approximate surface area is 138 Å². The number of aryl methyl sites for hydroxylation is 1. The standard InChI is InChI=1S/C21H22S/c1-5-18-15(3)20(19-11-6-14(2)12-21(18)19)13-16-7-9-17(22-4)10-8-16/h6-13H,5H2,1-4H3/b20-13-. The molecule has 0 radical (unpaired) electrons. The van der Waals surface area contributed by atoms with E-state index >= 15 is 0 Å². The van der Waals surface area contributed by atoms with Crippen LogP contribution in [-0.4, -0.2) is 6.26 Å². The van der Waals surface area contributed by atoms with Crippen LogP contribution in [0.5, 0.6) is 0 Å². The maximum absolute atomic E-state index is 2.33. The second kappa shape index (κ2) is 6.18. The van der Waals surface area contributed by atoms with Gasteiger partial charge in [-0.2, -0.15) is 0 Å². The molecule has 0 aliphatic heterocycles. The van der Waals surface area contributed by atoms with E-state index in [1.54, 1.807) is 11.8 Å². The molecule has 0 unspecified atom stereocenters. The van der Waals surface area contributed by atoms with Crippen LogP contribution in [0.3, 0.4) is 0 Å². The van der Waals surface area contributed by atoms with Crippen LogP contribution in [0.2, 0.25) is 0 Å². The maximum Gasteiger partial charge on any atom is 0.00695 e. The third kappa shape index (κ3) is 2.66. The van der Waals surface area contributed by atoms with E-state index in [-0.39, 0.29) is 0 Å². The van der Waals surface area contributed by atoms with Crippen LogP contribution >= 0.6 is 11.8 Å². The van der Waals surface area contributed by atoms with Gasteiger partial charge in [-0.3, -0.25) is 0 Å². The fourth-order valence-electron chi connectivity index (χ4n) is 3.22. The molecule has 0 bridgehead atoms. The molecule has 1 aliphatic rings. The van der Waals surface area contributed by atoms with Crippen LogP contribution in [0, 0.1) is 6.92 Å². The fourth-order valence-corrected chi connectivity index (χ4v) is 3.63. The van der Waals surface area contributed by atoms with Gasteiger partial charge < -0.3 is 0 Å². The van der Waals surface area contributed by atoms with Crippen LogP contribution in [-0.2, 0) is 0 Å². The molecule has 0 heterocycles. The number of benzene rings is 2. The van der Waals surface area contributed by atoms with E-state index in [4.69, 9.17) is 0 Å². The summed E-state index contributed by atoms with van der Waals surface area (Å²) in [5.41, 5.74) is 9.71. The Bertz CT molecular complexity index is 761. The van der Waals surface area contributed by atoms with E-state index in [0.717, 1.165) is 6.42 Å². The predicted octanol–water partition coefficient (Wildman–Crippen LogP) is 6.45. The SMILES string of the molecule is CCC1=C(C)/C(=C/c2ccc(SC)cc2)c2ccc(C)cc21. The number of allylic oxidation sites excluding steroid dienone is 3. The van der Waals surface area contributed by atoms with Crippen LogP contribution in [0.25, 0.3) is 17.2 Å². The monoisotopic (exact) mass is 306 g/mol. The number of fused-ring (bicyclic) bond motifs is 1.